The maximum atomic E-state index is 8.72. The molecule has 0 bridgehead atoms. The molecule has 1 atom stereocenters. The van der Waals surface area contributed by atoms with Crippen LogP contribution in [-0.4, -0.2) is 12.7 Å². The summed E-state index contributed by atoms with van der Waals surface area (Å²) in [7, 11) is 0. The van der Waals surface area contributed by atoms with Crippen LogP contribution in [0.1, 0.15) is 17.5 Å². The molecule has 0 N–H and O–H groups in total. The van der Waals surface area contributed by atoms with E-state index in [1.54, 1.807) is 6.07 Å². The summed E-state index contributed by atoms with van der Waals surface area (Å²) >= 11 is 0. The van der Waals surface area contributed by atoms with Crippen LogP contribution in [0, 0.1) is 11.3 Å². The van der Waals surface area contributed by atoms with Crippen LogP contribution in [0.3, 0.4) is 0 Å². The van der Waals surface area contributed by atoms with E-state index in [4.69, 9.17) is 15.0 Å². The van der Waals surface area contributed by atoms with Crippen molar-refractivity contribution in [2.45, 2.75) is 18.9 Å². The second-order valence-electron chi connectivity index (χ2n) is 3.35. The highest BCUT2D eigenvalue weighted by atomic mass is 17.2. The van der Waals surface area contributed by atoms with Crippen molar-refractivity contribution in [3.8, 4) is 6.07 Å². The second kappa shape index (κ2) is 4.23. The lowest BCUT2D eigenvalue weighted by molar-refractivity contribution is -0.273. The standard InChI is InChI=1S/C11H11NO2/c12-8-10-3-1-2-9(6-10)7-11-4-5-13-14-11/h1-3,6,11H,4-5,7H2. The minimum Gasteiger partial charge on any atom is -0.236 e. The van der Waals surface area contributed by atoms with Gasteiger partial charge in [-0.05, 0) is 17.7 Å². The van der Waals surface area contributed by atoms with Gasteiger partial charge in [-0.3, -0.25) is 0 Å². The first-order valence-electron chi connectivity index (χ1n) is 4.66. The van der Waals surface area contributed by atoms with Crippen LogP contribution < -0.4 is 0 Å². The van der Waals surface area contributed by atoms with E-state index < -0.39 is 0 Å². The van der Waals surface area contributed by atoms with Crippen LogP contribution in [0.4, 0.5) is 0 Å². The third-order valence-electron chi connectivity index (χ3n) is 2.25. The second-order valence-corrected chi connectivity index (χ2v) is 3.35. The molecule has 1 unspecified atom stereocenters. The molecule has 14 heavy (non-hydrogen) atoms. The predicted molar refractivity (Wildman–Crippen MR) is 50.3 cm³/mol. The van der Waals surface area contributed by atoms with Gasteiger partial charge in [-0.2, -0.15) is 5.26 Å². The summed E-state index contributed by atoms with van der Waals surface area (Å²) < 4.78 is 0. The van der Waals surface area contributed by atoms with Crippen molar-refractivity contribution in [3.63, 3.8) is 0 Å². The zero-order chi connectivity index (χ0) is 9.80. The molecular weight excluding hydrogens is 178 g/mol. The Balaban J connectivity index is 2.05. The molecule has 1 heterocycles. The molecule has 0 amide bonds. The van der Waals surface area contributed by atoms with Crippen molar-refractivity contribution in [1.82, 2.24) is 0 Å². The Morgan fingerprint density at radius 3 is 3.14 bits per heavy atom. The molecule has 1 aliphatic heterocycles. The SMILES string of the molecule is N#Cc1cccc(CC2CCOO2)c1. The lowest BCUT2D eigenvalue weighted by Gasteiger charge is -2.06. The van der Waals surface area contributed by atoms with E-state index in [0.717, 1.165) is 18.4 Å². The van der Waals surface area contributed by atoms with E-state index in [1.165, 1.54) is 0 Å². The first-order valence-corrected chi connectivity index (χ1v) is 4.66. The minimum absolute atomic E-state index is 0.143. The lowest BCUT2D eigenvalue weighted by atomic mass is 10.0. The highest BCUT2D eigenvalue weighted by molar-refractivity contribution is 5.33. The van der Waals surface area contributed by atoms with Crippen LogP contribution in [0.15, 0.2) is 24.3 Å². The molecule has 72 valence electrons. The van der Waals surface area contributed by atoms with Gasteiger partial charge in [0.05, 0.1) is 24.3 Å². The van der Waals surface area contributed by atoms with Gasteiger partial charge in [0.25, 0.3) is 0 Å². The Hall–Kier alpha value is -1.37. The molecule has 3 heteroatoms. The van der Waals surface area contributed by atoms with Gasteiger partial charge < -0.3 is 0 Å². The Kier molecular flexibility index (Phi) is 2.78. The minimum atomic E-state index is 0.143. The molecule has 2 rings (SSSR count). The van der Waals surface area contributed by atoms with E-state index in [1.807, 2.05) is 18.2 Å². The van der Waals surface area contributed by atoms with Gasteiger partial charge in [0.15, 0.2) is 0 Å². The summed E-state index contributed by atoms with van der Waals surface area (Å²) in [5, 5.41) is 8.72. The molecule has 3 nitrogen and oxygen atoms in total. The third-order valence-corrected chi connectivity index (χ3v) is 2.25. The smallest absolute Gasteiger partial charge is 0.0993 e. The van der Waals surface area contributed by atoms with Crippen molar-refractivity contribution in [2.75, 3.05) is 6.61 Å². The Labute approximate surface area is 82.8 Å². The van der Waals surface area contributed by atoms with Gasteiger partial charge in [-0.1, -0.05) is 12.1 Å². The average molecular weight is 189 g/mol. The monoisotopic (exact) mass is 189 g/mol. The number of hydrogen-bond donors (Lipinski definition) is 0. The van der Waals surface area contributed by atoms with Gasteiger partial charge in [0, 0.05) is 12.8 Å². The van der Waals surface area contributed by atoms with Gasteiger partial charge >= 0.3 is 0 Å². The van der Waals surface area contributed by atoms with Crippen molar-refractivity contribution in [1.29, 1.82) is 5.26 Å². The summed E-state index contributed by atoms with van der Waals surface area (Å²) in [5.41, 5.74) is 1.82. The molecule has 0 aromatic heterocycles. The van der Waals surface area contributed by atoms with Crippen LogP contribution in [0.25, 0.3) is 0 Å². The number of rotatable bonds is 2. The molecule has 1 saturated heterocycles. The molecule has 0 radical (unpaired) electrons. The summed E-state index contributed by atoms with van der Waals surface area (Å²) in [6, 6.07) is 9.71. The van der Waals surface area contributed by atoms with Gasteiger partial charge in [0.2, 0.25) is 0 Å². The molecule has 1 aromatic rings. The van der Waals surface area contributed by atoms with Gasteiger partial charge in [-0.15, -0.1) is 0 Å². The maximum Gasteiger partial charge on any atom is 0.0993 e. The molecule has 0 aliphatic carbocycles. The zero-order valence-corrected chi connectivity index (χ0v) is 7.77. The fourth-order valence-electron chi connectivity index (χ4n) is 1.54. The number of nitriles is 1. The first kappa shape index (κ1) is 9.20. The normalized spacial score (nSPS) is 20.6. The van der Waals surface area contributed by atoms with Crippen LogP contribution in [0.5, 0.6) is 0 Å². The quantitative estimate of drug-likeness (QED) is 0.666. The van der Waals surface area contributed by atoms with E-state index in [0.29, 0.717) is 12.2 Å². The van der Waals surface area contributed by atoms with Crippen molar-refractivity contribution >= 4 is 0 Å². The summed E-state index contributed by atoms with van der Waals surface area (Å²) in [4.78, 5) is 9.87. The van der Waals surface area contributed by atoms with Crippen LogP contribution >= 0.6 is 0 Å². The van der Waals surface area contributed by atoms with Crippen molar-refractivity contribution in [3.05, 3.63) is 35.4 Å². The molecule has 1 aromatic carbocycles. The van der Waals surface area contributed by atoms with Gasteiger partial charge in [-0.25, -0.2) is 9.78 Å². The number of benzene rings is 1. The third kappa shape index (κ3) is 2.11. The summed E-state index contributed by atoms with van der Waals surface area (Å²) in [6.07, 6.45) is 1.88. The van der Waals surface area contributed by atoms with Gasteiger partial charge in [0.1, 0.15) is 0 Å². The van der Waals surface area contributed by atoms with Crippen LogP contribution in [0.2, 0.25) is 0 Å². The Bertz CT molecular complexity index is 351. The summed E-state index contributed by atoms with van der Waals surface area (Å²) in [6.45, 7) is 0.669. The largest absolute Gasteiger partial charge is 0.236 e. The Morgan fingerprint density at radius 1 is 1.50 bits per heavy atom. The fraction of sp³-hybridized carbons (Fsp3) is 0.364. The fourth-order valence-corrected chi connectivity index (χ4v) is 1.54. The van der Waals surface area contributed by atoms with E-state index in [2.05, 4.69) is 6.07 Å². The molecule has 1 aliphatic rings. The highest BCUT2D eigenvalue weighted by Crippen LogP contribution is 2.15. The first-order chi connectivity index (χ1) is 6.88. The van der Waals surface area contributed by atoms with E-state index in [9.17, 15) is 0 Å². The number of hydrogen-bond acceptors (Lipinski definition) is 3. The summed E-state index contributed by atoms with van der Waals surface area (Å²) in [5.74, 6) is 0. The lowest BCUT2D eigenvalue weighted by Crippen LogP contribution is -2.08. The molecule has 1 fully saturated rings. The Morgan fingerprint density at radius 2 is 2.43 bits per heavy atom. The topological polar surface area (TPSA) is 42.2 Å². The van der Waals surface area contributed by atoms with Crippen molar-refractivity contribution in [2.24, 2.45) is 0 Å². The average Bonchev–Trinajstić information content (AvgIpc) is 2.71. The zero-order valence-electron chi connectivity index (χ0n) is 7.77. The predicted octanol–water partition coefficient (Wildman–Crippen LogP) is 1.82. The molecular formula is C11H11NO2. The highest BCUT2D eigenvalue weighted by Gasteiger charge is 2.17. The van der Waals surface area contributed by atoms with Crippen LogP contribution in [-0.2, 0) is 16.2 Å². The molecule has 0 saturated carbocycles. The maximum absolute atomic E-state index is 8.72. The number of nitrogens with zero attached hydrogens (tertiary/aromatic N) is 1. The van der Waals surface area contributed by atoms with E-state index >= 15 is 0 Å². The van der Waals surface area contributed by atoms with Crippen molar-refractivity contribution < 1.29 is 9.78 Å². The van der Waals surface area contributed by atoms with E-state index in [-0.39, 0.29) is 6.10 Å². The molecule has 0 spiro atoms.